The fourth-order valence-corrected chi connectivity index (χ4v) is 4.93. The van der Waals surface area contributed by atoms with Gasteiger partial charge in [-0.3, -0.25) is 0 Å². The van der Waals surface area contributed by atoms with E-state index >= 15 is 0 Å². The van der Waals surface area contributed by atoms with Gasteiger partial charge in [-0.25, -0.2) is 0 Å². The fourth-order valence-electron chi connectivity index (χ4n) is 4.01. The Labute approximate surface area is 94.0 Å². The molecule has 1 nitrogen and oxygen atoms in total. The number of allylic oxidation sites excluding steroid dienone is 2. The summed E-state index contributed by atoms with van der Waals surface area (Å²) in [6.45, 7) is 6.89. The maximum atomic E-state index is 6.24. The van der Waals surface area contributed by atoms with Crippen LogP contribution in [0.4, 0.5) is 0 Å². The van der Waals surface area contributed by atoms with E-state index in [1.807, 2.05) is 0 Å². The van der Waals surface area contributed by atoms with Crippen molar-refractivity contribution in [1.29, 1.82) is 0 Å². The Hall–Kier alpha value is -0.243. The van der Waals surface area contributed by atoms with Gasteiger partial charge in [0.05, 0.1) is 5.76 Å². The maximum Gasteiger partial charge on any atom is 0.241 e. The van der Waals surface area contributed by atoms with Crippen LogP contribution in [0.1, 0.15) is 25.7 Å². The zero-order chi connectivity index (χ0) is 10.6. The third-order valence-electron chi connectivity index (χ3n) is 4.39. The predicted molar refractivity (Wildman–Crippen MR) is 64.9 cm³/mol. The van der Waals surface area contributed by atoms with Gasteiger partial charge in [-0.1, -0.05) is 6.42 Å². The minimum atomic E-state index is -1.37. The van der Waals surface area contributed by atoms with E-state index in [1.165, 1.54) is 31.4 Å². The summed E-state index contributed by atoms with van der Waals surface area (Å²) in [5, 5.41) is 0. The van der Waals surface area contributed by atoms with Crippen LogP contribution in [-0.4, -0.2) is 8.32 Å². The Kier molecular flexibility index (Phi) is 2.07. The van der Waals surface area contributed by atoms with E-state index < -0.39 is 8.32 Å². The maximum absolute atomic E-state index is 6.24. The Morgan fingerprint density at radius 1 is 1.20 bits per heavy atom. The number of hydrogen-bond acceptors (Lipinski definition) is 1. The highest BCUT2D eigenvalue weighted by Crippen LogP contribution is 2.58. The summed E-state index contributed by atoms with van der Waals surface area (Å²) >= 11 is 0. The van der Waals surface area contributed by atoms with E-state index in [1.54, 1.807) is 0 Å². The minimum Gasteiger partial charge on any atom is -0.547 e. The molecule has 0 amide bonds. The van der Waals surface area contributed by atoms with E-state index in [-0.39, 0.29) is 0 Å². The molecule has 0 aromatic carbocycles. The molecule has 2 fully saturated rings. The molecule has 2 bridgehead atoms. The molecule has 0 unspecified atom stereocenters. The molecule has 84 valence electrons. The van der Waals surface area contributed by atoms with Gasteiger partial charge in [0.2, 0.25) is 8.32 Å². The second-order valence-electron chi connectivity index (χ2n) is 6.55. The fraction of sp³-hybridized carbons (Fsp3) is 0.846. The highest BCUT2D eigenvalue weighted by Gasteiger charge is 2.51. The summed E-state index contributed by atoms with van der Waals surface area (Å²) in [6, 6.07) is 0. The monoisotopic (exact) mass is 222 g/mol. The van der Waals surface area contributed by atoms with Crippen LogP contribution >= 0.6 is 0 Å². The van der Waals surface area contributed by atoms with Crippen LogP contribution in [-0.2, 0) is 4.43 Å². The van der Waals surface area contributed by atoms with Crippen molar-refractivity contribution in [2.75, 3.05) is 0 Å². The minimum absolute atomic E-state index is 0.814. The highest BCUT2D eigenvalue weighted by molar-refractivity contribution is 6.70. The molecule has 0 spiro atoms. The normalized spacial score (nSPS) is 43.0. The van der Waals surface area contributed by atoms with Gasteiger partial charge in [-0.15, -0.1) is 0 Å². The van der Waals surface area contributed by atoms with Gasteiger partial charge >= 0.3 is 0 Å². The van der Waals surface area contributed by atoms with Gasteiger partial charge in [-0.2, -0.15) is 0 Å². The first-order valence-corrected chi connectivity index (χ1v) is 9.86. The average molecular weight is 222 g/mol. The van der Waals surface area contributed by atoms with Gasteiger partial charge in [0.1, 0.15) is 0 Å². The SMILES string of the molecule is C[Si](C)(C)OC1=C[C@H]2C[C@@H]1[C@@H]1CCC[C@@H]12. The smallest absolute Gasteiger partial charge is 0.241 e. The lowest BCUT2D eigenvalue weighted by Gasteiger charge is -2.30. The van der Waals surface area contributed by atoms with Crippen LogP contribution in [0.2, 0.25) is 19.6 Å². The van der Waals surface area contributed by atoms with Crippen molar-refractivity contribution >= 4 is 8.32 Å². The van der Waals surface area contributed by atoms with Gasteiger partial charge < -0.3 is 4.43 Å². The molecule has 0 aromatic rings. The van der Waals surface area contributed by atoms with Crippen LogP contribution in [0.3, 0.4) is 0 Å². The van der Waals surface area contributed by atoms with E-state index in [2.05, 4.69) is 25.7 Å². The number of hydrogen-bond donors (Lipinski definition) is 0. The molecule has 0 radical (unpaired) electrons. The first kappa shape index (κ1) is 9.95. The van der Waals surface area contributed by atoms with Gasteiger partial charge in [0.25, 0.3) is 0 Å². The lowest BCUT2D eigenvalue weighted by Crippen LogP contribution is -2.29. The molecule has 15 heavy (non-hydrogen) atoms. The van der Waals surface area contributed by atoms with E-state index in [9.17, 15) is 0 Å². The molecule has 3 aliphatic rings. The molecular weight excluding hydrogens is 200 g/mol. The van der Waals surface area contributed by atoms with Crippen molar-refractivity contribution in [2.24, 2.45) is 23.7 Å². The molecule has 2 heteroatoms. The Bertz CT molecular complexity index is 302. The first-order chi connectivity index (χ1) is 7.04. The third-order valence-corrected chi connectivity index (χ3v) is 5.23. The summed E-state index contributed by atoms with van der Waals surface area (Å²) in [6.07, 6.45) is 8.32. The van der Waals surface area contributed by atoms with Crippen LogP contribution in [0.15, 0.2) is 11.8 Å². The van der Waals surface area contributed by atoms with E-state index in [0.29, 0.717) is 0 Å². The highest BCUT2D eigenvalue weighted by atomic mass is 28.4. The van der Waals surface area contributed by atoms with Crippen molar-refractivity contribution in [3.05, 3.63) is 11.8 Å². The summed E-state index contributed by atoms with van der Waals surface area (Å²) < 4.78 is 6.24. The standard InChI is InChI=1S/C13H22OSi/c1-15(2,3)14-13-8-9-7-12(13)11-6-4-5-10(9)11/h8-12H,4-7H2,1-3H3/t9-,10-,11-,12-/m1/s1. The van der Waals surface area contributed by atoms with Crippen LogP contribution in [0, 0.1) is 23.7 Å². The molecule has 0 N–H and O–H groups in total. The Balaban J connectivity index is 1.78. The summed E-state index contributed by atoms with van der Waals surface area (Å²) in [4.78, 5) is 0. The summed E-state index contributed by atoms with van der Waals surface area (Å²) in [7, 11) is -1.37. The van der Waals surface area contributed by atoms with Crippen LogP contribution in [0.5, 0.6) is 0 Å². The quantitative estimate of drug-likeness (QED) is 0.646. The third kappa shape index (κ3) is 1.57. The van der Waals surface area contributed by atoms with Gasteiger partial charge in [-0.05, 0) is 62.7 Å². The molecular formula is C13H22OSi. The van der Waals surface area contributed by atoms with Crippen LogP contribution < -0.4 is 0 Å². The van der Waals surface area contributed by atoms with Crippen molar-refractivity contribution in [2.45, 2.75) is 45.3 Å². The lowest BCUT2D eigenvalue weighted by atomic mass is 9.85. The molecule has 0 saturated heterocycles. The van der Waals surface area contributed by atoms with E-state index in [0.717, 1.165) is 23.7 Å². The molecule has 3 rings (SSSR count). The van der Waals surface area contributed by atoms with Crippen molar-refractivity contribution < 1.29 is 4.43 Å². The molecule has 2 saturated carbocycles. The lowest BCUT2D eigenvalue weighted by molar-refractivity contribution is 0.269. The predicted octanol–water partition coefficient (Wildman–Crippen LogP) is 3.79. The van der Waals surface area contributed by atoms with E-state index in [4.69, 9.17) is 4.43 Å². The molecule has 3 aliphatic carbocycles. The largest absolute Gasteiger partial charge is 0.547 e. The molecule has 0 aromatic heterocycles. The van der Waals surface area contributed by atoms with Gasteiger partial charge in [0, 0.05) is 5.92 Å². The van der Waals surface area contributed by atoms with Gasteiger partial charge in [0.15, 0.2) is 0 Å². The molecule has 0 aliphatic heterocycles. The zero-order valence-electron chi connectivity index (χ0n) is 10.1. The number of fused-ring (bicyclic) bond motifs is 5. The van der Waals surface area contributed by atoms with Crippen molar-refractivity contribution in [3.8, 4) is 0 Å². The molecule has 0 heterocycles. The summed E-state index contributed by atoms with van der Waals surface area (Å²) in [5.74, 6) is 5.11. The van der Waals surface area contributed by atoms with Crippen molar-refractivity contribution in [3.63, 3.8) is 0 Å². The molecule has 4 atom stereocenters. The van der Waals surface area contributed by atoms with Crippen LogP contribution in [0.25, 0.3) is 0 Å². The Morgan fingerprint density at radius 3 is 2.67 bits per heavy atom. The first-order valence-electron chi connectivity index (χ1n) is 6.45. The Morgan fingerprint density at radius 2 is 1.93 bits per heavy atom. The summed E-state index contributed by atoms with van der Waals surface area (Å²) in [5.41, 5.74) is 0. The van der Waals surface area contributed by atoms with Crippen molar-refractivity contribution in [1.82, 2.24) is 0 Å². The topological polar surface area (TPSA) is 9.23 Å². The number of rotatable bonds is 2. The average Bonchev–Trinajstić information content (AvgIpc) is 2.66. The second-order valence-corrected chi connectivity index (χ2v) is 11.0. The second kappa shape index (κ2) is 3.13. The zero-order valence-corrected chi connectivity index (χ0v) is 11.1.